The normalized spacial score (nSPS) is 10.2. The molecule has 0 aliphatic heterocycles. The van der Waals surface area contributed by atoms with Gasteiger partial charge in [-0.05, 0) is 30.3 Å². The van der Waals surface area contributed by atoms with Gasteiger partial charge in [0.1, 0.15) is 5.82 Å². The first kappa shape index (κ1) is 16.9. The molecular weight excluding hydrogens is 321 g/mol. The highest BCUT2D eigenvalue weighted by Gasteiger charge is 2.09. The summed E-state index contributed by atoms with van der Waals surface area (Å²) in [5.41, 5.74) is 0.905. The Morgan fingerprint density at radius 3 is 2.70 bits per heavy atom. The smallest absolute Gasteiger partial charge is 0.251 e. The third-order valence-corrected chi connectivity index (χ3v) is 3.32. The van der Waals surface area contributed by atoms with Crippen LogP contribution in [-0.2, 0) is 11.3 Å². The molecule has 2 aromatic rings. The van der Waals surface area contributed by atoms with Crippen molar-refractivity contribution in [2.45, 2.75) is 13.0 Å². The minimum absolute atomic E-state index is 0.0459. The van der Waals surface area contributed by atoms with E-state index in [-0.39, 0.29) is 29.5 Å². The van der Waals surface area contributed by atoms with Gasteiger partial charge in [0.2, 0.25) is 5.91 Å². The lowest BCUT2D eigenvalue weighted by molar-refractivity contribution is -0.121. The second-order valence-corrected chi connectivity index (χ2v) is 5.14. The summed E-state index contributed by atoms with van der Waals surface area (Å²) in [7, 11) is 0. The van der Waals surface area contributed by atoms with Crippen LogP contribution in [0.2, 0.25) is 5.02 Å². The first-order chi connectivity index (χ1) is 11.1. The van der Waals surface area contributed by atoms with Crippen molar-refractivity contribution in [1.29, 1.82) is 0 Å². The number of hydrogen-bond acceptors (Lipinski definition) is 3. The summed E-state index contributed by atoms with van der Waals surface area (Å²) in [6, 6.07) is 9.21. The Morgan fingerprint density at radius 2 is 2.00 bits per heavy atom. The summed E-state index contributed by atoms with van der Waals surface area (Å²) in [6.07, 6.45) is 1.77. The zero-order valence-electron chi connectivity index (χ0n) is 12.2. The number of pyridine rings is 1. The summed E-state index contributed by atoms with van der Waals surface area (Å²) in [5.74, 6) is -1.33. The van der Waals surface area contributed by atoms with Crippen LogP contribution in [0.5, 0.6) is 0 Å². The monoisotopic (exact) mass is 335 g/mol. The summed E-state index contributed by atoms with van der Waals surface area (Å²) >= 11 is 5.55. The van der Waals surface area contributed by atoms with Crippen LogP contribution in [0, 0.1) is 5.82 Å². The number of hydrogen-bond donors (Lipinski definition) is 2. The Kier molecular flexibility index (Phi) is 6.05. The molecule has 0 unspecified atom stereocenters. The molecule has 7 heteroatoms. The van der Waals surface area contributed by atoms with Crippen LogP contribution in [0.1, 0.15) is 22.5 Å². The molecule has 0 aliphatic rings. The average Bonchev–Trinajstić information content (AvgIpc) is 2.56. The largest absolute Gasteiger partial charge is 0.352 e. The van der Waals surface area contributed by atoms with Crippen LogP contribution in [0.25, 0.3) is 0 Å². The lowest BCUT2D eigenvalue weighted by Crippen LogP contribution is -2.30. The van der Waals surface area contributed by atoms with E-state index in [1.54, 1.807) is 18.3 Å². The van der Waals surface area contributed by atoms with Gasteiger partial charge < -0.3 is 10.6 Å². The van der Waals surface area contributed by atoms with Gasteiger partial charge >= 0.3 is 0 Å². The molecule has 23 heavy (non-hydrogen) atoms. The number of benzene rings is 1. The molecule has 0 aliphatic carbocycles. The van der Waals surface area contributed by atoms with E-state index < -0.39 is 11.7 Å². The maximum Gasteiger partial charge on any atom is 0.251 e. The SMILES string of the molecule is O=C(CCNC(=O)c1ccc(Cl)c(F)c1)NCc1ccccn1. The summed E-state index contributed by atoms with van der Waals surface area (Å²) in [6.45, 7) is 0.479. The molecule has 120 valence electrons. The number of amides is 2. The van der Waals surface area contributed by atoms with Crippen molar-refractivity contribution in [3.8, 4) is 0 Å². The van der Waals surface area contributed by atoms with Crippen LogP contribution in [0.3, 0.4) is 0 Å². The first-order valence-electron chi connectivity index (χ1n) is 6.96. The van der Waals surface area contributed by atoms with Gasteiger partial charge in [0.15, 0.2) is 0 Å². The van der Waals surface area contributed by atoms with E-state index in [4.69, 9.17) is 11.6 Å². The maximum atomic E-state index is 13.3. The number of carbonyl (C=O) groups excluding carboxylic acids is 2. The Hall–Kier alpha value is -2.47. The Morgan fingerprint density at radius 1 is 1.17 bits per heavy atom. The molecular formula is C16H15ClFN3O2. The van der Waals surface area contributed by atoms with Gasteiger partial charge in [-0.3, -0.25) is 14.6 Å². The number of carbonyl (C=O) groups is 2. The Labute approximate surface area is 137 Å². The predicted octanol–water partition coefficient (Wildman–Crippen LogP) is 2.31. The lowest BCUT2D eigenvalue weighted by Gasteiger charge is -2.07. The van der Waals surface area contributed by atoms with Crippen LogP contribution in [0.15, 0.2) is 42.6 Å². The highest BCUT2D eigenvalue weighted by molar-refractivity contribution is 6.30. The zero-order chi connectivity index (χ0) is 16.7. The first-order valence-corrected chi connectivity index (χ1v) is 7.34. The summed E-state index contributed by atoms with van der Waals surface area (Å²) in [4.78, 5) is 27.6. The van der Waals surface area contributed by atoms with Crippen molar-refractivity contribution in [2.75, 3.05) is 6.54 Å². The third-order valence-electron chi connectivity index (χ3n) is 3.01. The maximum absolute atomic E-state index is 13.3. The number of halogens is 2. The van der Waals surface area contributed by atoms with E-state index in [0.29, 0.717) is 6.54 Å². The van der Waals surface area contributed by atoms with E-state index in [0.717, 1.165) is 11.8 Å². The second kappa shape index (κ2) is 8.24. The highest BCUT2D eigenvalue weighted by atomic mass is 35.5. The van der Waals surface area contributed by atoms with Crippen LogP contribution >= 0.6 is 11.6 Å². The molecule has 2 amide bonds. The van der Waals surface area contributed by atoms with Crippen molar-refractivity contribution < 1.29 is 14.0 Å². The van der Waals surface area contributed by atoms with Crippen molar-refractivity contribution in [3.63, 3.8) is 0 Å². The van der Waals surface area contributed by atoms with E-state index in [1.807, 2.05) is 6.07 Å². The van der Waals surface area contributed by atoms with Crippen molar-refractivity contribution >= 4 is 23.4 Å². The van der Waals surface area contributed by atoms with E-state index >= 15 is 0 Å². The topological polar surface area (TPSA) is 71.1 Å². The van der Waals surface area contributed by atoms with Gasteiger partial charge in [0.25, 0.3) is 5.91 Å². The highest BCUT2D eigenvalue weighted by Crippen LogP contribution is 2.15. The molecule has 0 saturated heterocycles. The molecule has 1 aromatic carbocycles. The third kappa shape index (κ3) is 5.34. The predicted molar refractivity (Wildman–Crippen MR) is 84.4 cm³/mol. The number of nitrogens with zero attached hydrogens (tertiary/aromatic N) is 1. The standard InChI is InChI=1S/C16H15ClFN3O2/c17-13-5-4-11(9-14(13)18)16(23)20-8-6-15(22)21-10-12-3-1-2-7-19-12/h1-5,7,9H,6,8,10H2,(H,20,23)(H,21,22). The van der Waals surface area contributed by atoms with Gasteiger partial charge in [0.05, 0.1) is 17.3 Å². The minimum atomic E-state index is -0.660. The van der Waals surface area contributed by atoms with Gasteiger partial charge in [-0.25, -0.2) is 4.39 Å². The quantitative estimate of drug-likeness (QED) is 0.851. The van der Waals surface area contributed by atoms with Gasteiger partial charge in [-0.15, -0.1) is 0 Å². The number of rotatable bonds is 6. The molecule has 2 N–H and O–H groups in total. The Balaban J connectivity index is 1.72. The minimum Gasteiger partial charge on any atom is -0.352 e. The second-order valence-electron chi connectivity index (χ2n) is 4.73. The molecule has 2 rings (SSSR count). The van der Waals surface area contributed by atoms with Gasteiger partial charge in [-0.1, -0.05) is 17.7 Å². The molecule has 0 saturated carbocycles. The molecule has 1 aromatic heterocycles. The fourth-order valence-corrected chi connectivity index (χ4v) is 1.93. The fraction of sp³-hybridized carbons (Fsp3) is 0.188. The lowest BCUT2D eigenvalue weighted by atomic mass is 10.2. The molecule has 0 bridgehead atoms. The molecule has 0 spiro atoms. The van der Waals surface area contributed by atoms with Crippen molar-refractivity contribution in [2.24, 2.45) is 0 Å². The van der Waals surface area contributed by atoms with E-state index in [9.17, 15) is 14.0 Å². The van der Waals surface area contributed by atoms with Crippen LogP contribution in [-0.4, -0.2) is 23.3 Å². The van der Waals surface area contributed by atoms with E-state index in [2.05, 4.69) is 15.6 Å². The van der Waals surface area contributed by atoms with Gasteiger partial charge in [-0.2, -0.15) is 0 Å². The van der Waals surface area contributed by atoms with Crippen molar-refractivity contribution in [3.05, 3.63) is 64.7 Å². The van der Waals surface area contributed by atoms with Gasteiger partial charge in [0, 0.05) is 24.7 Å². The van der Waals surface area contributed by atoms with Crippen LogP contribution < -0.4 is 10.6 Å². The van der Waals surface area contributed by atoms with E-state index in [1.165, 1.54) is 12.1 Å². The van der Waals surface area contributed by atoms with Crippen LogP contribution in [0.4, 0.5) is 4.39 Å². The zero-order valence-corrected chi connectivity index (χ0v) is 12.9. The fourth-order valence-electron chi connectivity index (χ4n) is 1.81. The molecule has 0 radical (unpaired) electrons. The molecule has 1 heterocycles. The summed E-state index contributed by atoms with van der Waals surface area (Å²) < 4.78 is 13.3. The van der Waals surface area contributed by atoms with Crippen molar-refractivity contribution in [1.82, 2.24) is 15.6 Å². The summed E-state index contributed by atoms with van der Waals surface area (Å²) in [5, 5.41) is 5.20. The average molecular weight is 336 g/mol. The number of nitrogens with one attached hydrogen (secondary N) is 2. The molecule has 5 nitrogen and oxygen atoms in total. The molecule has 0 fully saturated rings. The Bertz CT molecular complexity index is 695. The number of aromatic nitrogens is 1. The molecule has 0 atom stereocenters.